The molecule has 2 aromatic heterocycles. The van der Waals surface area contributed by atoms with Gasteiger partial charge in [-0.3, -0.25) is 9.78 Å². The molecule has 1 N–H and O–H groups in total. The summed E-state index contributed by atoms with van der Waals surface area (Å²) in [5.74, 6) is 1.03. The molecule has 2 aromatic carbocycles. The predicted molar refractivity (Wildman–Crippen MR) is 152 cm³/mol. The van der Waals surface area contributed by atoms with Crippen molar-refractivity contribution in [2.24, 2.45) is 5.41 Å². The quantitative estimate of drug-likeness (QED) is 0.238. The summed E-state index contributed by atoms with van der Waals surface area (Å²) in [7, 11) is -0.943. The van der Waals surface area contributed by atoms with Crippen molar-refractivity contribution in [2.45, 2.75) is 43.5 Å². The number of imidazole rings is 1. The van der Waals surface area contributed by atoms with Crippen molar-refractivity contribution < 1.29 is 32.5 Å². The van der Waals surface area contributed by atoms with Crippen LogP contribution in [0.15, 0.2) is 58.7 Å². The fourth-order valence-electron chi connectivity index (χ4n) is 3.95. The first kappa shape index (κ1) is 29.2. The number of nitrogens with zero attached hydrogens (tertiary/aromatic N) is 3. The van der Waals surface area contributed by atoms with Crippen LogP contribution in [-0.2, 0) is 20.6 Å². The van der Waals surface area contributed by atoms with E-state index in [0.29, 0.717) is 28.3 Å². The summed E-state index contributed by atoms with van der Waals surface area (Å²) in [6.07, 6.45) is 1.73. The Hall–Kier alpha value is -3.77. The Morgan fingerprint density at radius 2 is 1.73 bits per heavy atom. The SMILES string of the molecule is COc1ccc2c(c1)nc(SCc1ncc(C)c(OC)c1C)n2S(=O)(=O)c1ccc(OCC(C)(C)C(=O)O)cc1. The third kappa shape index (κ3) is 5.73. The first-order valence-corrected chi connectivity index (χ1v) is 14.7. The number of aryl methyl sites for hydroxylation is 1. The van der Waals surface area contributed by atoms with Gasteiger partial charge in [-0.15, -0.1) is 0 Å². The van der Waals surface area contributed by atoms with E-state index in [1.165, 1.54) is 47.1 Å². The molecule has 12 heteroatoms. The maximum absolute atomic E-state index is 13.9. The molecule has 0 radical (unpaired) electrons. The van der Waals surface area contributed by atoms with Crippen LogP contribution in [0.25, 0.3) is 11.0 Å². The second kappa shape index (κ2) is 11.4. The number of thioether (sulfide) groups is 1. The number of carboxylic acid groups (broad SMARTS) is 1. The highest BCUT2D eigenvalue weighted by atomic mass is 32.2. The van der Waals surface area contributed by atoms with Crippen molar-refractivity contribution in [1.29, 1.82) is 0 Å². The van der Waals surface area contributed by atoms with E-state index in [4.69, 9.17) is 14.2 Å². The number of methoxy groups -OCH3 is 2. The minimum Gasteiger partial charge on any atom is -0.497 e. The molecule has 0 bridgehead atoms. The molecule has 0 saturated heterocycles. The van der Waals surface area contributed by atoms with E-state index < -0.39 is 21.4 Å². The number of benzene rings is 2. The average molecular weight is 586 g/mol. The summed E-state index contributed by atoms with van der Waals surface area (Å²) in [6, 6.07) is 10.9. The van der Waals surface area contributed by atoms with Gasteiger partial charge < -0.3 is 19.3 Å². The summed E-state index contributed by atoms with van der Waals surface area (Å²) in [5.41, 5.74) is 2.32. The lowest BCUT2D eigenvalue weighted by Crippen LogP contribution is -2.30. The van der Waals surface area contributed by atoms with Crippen molar-refractivity contribution in [3.05, 3.63) is 65.5 Å². The van der Waals surface area contributed by atoms with E-state index >= 15 is 0 Å². The van der Waals surface area contributed by atoms with Crippen molar-refractivity contribution in [1.82, 2.24) is 13.9 Å². The minimum atomic E-state index is -4.08. The third-order valence-electron chi connectivity index (χ3n) is 6.42. The zero-order valence-electron chi connectivity index (χ0n) is 23.1. The first-order valence-electron chi connectivity index (χ1n) is 12.3. The van der Waals surface area contributed by atoms with Crippen LogP contribution >= 0.6 is 11.8 Å². The number of ether oxygens (including phenoxy) is 3. The van der Waals surface area contributed by atoms with Crippen molar-refractivity contribution in [2.75, 3.05) is 20.8 Å². The van der Waals surface area contributed by atoms with E-state index in [2.05, 4.69) is 9.97 Å². The van der Waals surface area contributed by atoms with E-state index in [-0.39, 0.29) is 16.7 Å². The van der Waals surface area contributed by atoms with Gasteiger partial charge in [0.15, 0.2) is 5.16 Å². The highest BCUT2D eigenvalue weighted by Crippen LogP contribution is 2.34. The lowest BCUT2D eigenvalue weighted by Gasteiger charge is -2.19. The van der Waals surface area contributed by atoms with Gasteiger partial charge in [-0.2, -0.15) is 0 Å². The number of rotatable bonds is 11. The number of carbonyl (C=O) groups is 1. The summed E-state index contributed by atoms with van der Waals surface area (Å²) in [5, 5.41) is 9.57. The molecule has 0 aliphatic heterocycles. The molecule has 40 heavy (non-hydrogen) atoms. The van der Waals surface area contributed by atoms with Gasteiger partial charge in [-0.05, 0) is 64.1 Å². The summed E-state index contributed by atoms with van der Waals surface area (Å²) < 4.78 is 45.6. The second-order valence-electron chi connectivity index (χ2n) is 9.80. The molecule has 0 unspecified atom stereocenters. The van der Waals surface area contributed by atoms with Gasteiger partial charge in [0.25, 0.3) is 10.0 Å². The van der Waals surface area contributed by atoms with Crippen molar-refractivity contribution in [3.63, 3.8) is 0 Å². The minimum absolute atomic E-state index is 0.0284. The lowest BCUT2D eigenvalue weighted by atomic mass is 9.95. The standard InChI is InChI=1S/C28H31N3O7S2/c1-17-14-29-23(18(2)25(17)37-6)15-39-27-30-22-13-20(36-5)9-12-24(22)31(27)40(34,35)21-10-7-19(8-11-21)38-16-28(3,4)26(32)33/h7-14H,15-16H2,1-6H3,(H,32,33). The number of pyridine rings is 1. The number of aromatic nitrogens is 3. The number of aliphatic carboxylic acids is 1. The van der Waals surface area contributed by atoms with Gasteiger partial charge in [0.2, 0.25) is 0 Å². The molecule has 4 aromatic rings. The molecule has 212 valence electrons. The Kier molecular flexibility index (Phi) is 8.31. The van der Waals surface area contributed by atoms with E-state index in [9.17, 15) is 18.3 Å². The maximum Gasteiger partial charge on any atom is 0.312 e. The van der Waals surface area contributed by atoms with Crippen LogP contribution in [0.3, 0.4) is 0 Å². The normalized spacial score (nSPS) is 11.9. The van der Waals surface area contributed by atoms with Crippen LogP contribution in [0.4, 0.5) is 0 Å². The van der Waals surface area contributed by atoms with Gasteiger partial charge in [-0.1, -0.05) is 11.8 Å². The van der Waals surface area contributed by atoms with Crippen LogP contribution < -0.4 is 14.2 Å². The number of hydrogen-bond donors (Lipinski definition) is 1. The van der Waals surface area contributed by atoms with Crippen LogP contribution in [0.2, 0.25) is 0 Å². The number of fused-ring (bicyclic) bond motifs is 1. The summed E-state index contributed by atoms with van der Waals surface area (Å²) in [4.78, 5) is 20.6. The molecule has 2 heterocycles. The Morgan fingerprint density at radius 1 is 1.05 bits per heavy atom. The molecule has 10 nitrogen and oxygen atoms in total. The van der Waals surface area contributed by atoms with Crippen LogP contribution in [0.1, 0.15) is 30.7 Å². The first-order chi connectivity index (χ1) is 18.9. The fraction of sp³-hybridized carbons (Fsp3) is 0.321. The van der Waals surface area contributed by atoms with Crippen molar-refractivity contribution >= 4 is 38.8 Å². The average Bonchev–Trinajstić information content (AvgIpc) is 3.30. The smallest absolute Gasteiger partial charge is 0.312 e. The second-order valence-corrected chi connectivity index (χ2v) is 12.5. The molecule has 4 rings (SSSR count). The Labute approximate surface area is 237 Å². The summed E-state index contributed by atoms with van der Waals surface area (Å²) >= 11 is 1.25. The molecule has 0 spiro atoms. The molecule has 0 saturated carbocycles. The third-order valence-corrected chi connectivity index (χ3v) is 9.20. The Bertz CT molecular complexity index is 1660. The number of carboxylic acids is 1. The highest BCUT2D eigenvalue weighted by Gasteiger charge is 2.29. The molecule has 0 fully saturated rings. The van der Waals surface area contributed by atoms with Crippen LogP contribution in [0.5, 0.6) is 17.2 Å². The van der Waals surface area contributed by atoms with E-state index in [1.807, 2.05) is 13.8 Å². The Morgan fingerprint density at radius 3 is 2.35 bits per heavy atom. The van der Waals surface area contributed by atoms with Gasteiger partial charge >= 0.3 is 5.97 Å². The van der Waals surface area contributed by atoms with Crippen molar-refractivity contribution in [3.8, 4) is 17.2 Å². The van der Waals surface area contributed by atoms with Crippen LogP contribution in [0, 0.1) is 19.3 Å². The summed E-state index contributed by atoms with van der Waals surface area (Å²) in [6.45, 7) is 6.87. The van der Waals surface area contributed by atoms with E-state index in [1.54, 1.807) is 45.4 Å². The van der Waals surface area contributed by atoms with E-state index in [0.717, 1.165) is 22.6 Å². The predicted octanol–water partition coefficient (Wildman–Crippen LogP) is 5.08. The molecule has 0 aliphatic rings. The molecular weight excluding hydrogens is 554 g/mol. The molecule has 0 atom stereocenters. The van der Waals surface area contributed by atoms with Gasteiger partial charge in [0.1, 0.15) is 23.9 Å². The largest absolute Gasteiger partial charge is 0.497 e. The Balaban J connectivity index is 1.70. The van der Waals surface area contributed by atoms with Crippen LogP contribution in [-0.4, -0.2) is 54.3 Å². The lowest BCUT2D eigenvalue weighted by molar-refractivity contribution is -0.148. The monoisotopic (exact) mass is 585 g/mol. The zero-order chi connectivity index (χ0) is 29.2. The van der Waals surface area contributed by atoms with Gasteiger partial charge in [0, 0.05) is 29.1 Å². The topological polar surface area (TPSA) is 130 Å². The maximum atomic E-state index is 13.9. The fourth-order valence-corrected chi connectivity index (χ4v) is 6.69. The zero-order valence-corrected chi connectivity index (χ0v) is 24.7. The van der Waals surface area contributed by atoms with Gasteiger partial charge in [0.05, 0.1) is 41.3 Å². The molecular formula is C28H31N3O7S2. The highest BCUT2D eigenvalue weighted by molar-refractivity contribution is 7.99. The molecule has 0 amide bonds. The number of hydrogen-bond acceptors (Lipinski definition) is 9. The van der Waals surface area contributed by atoms with Gasteiger partial charge in [-0.25, -0.2) is 17.4 Å². The molecule has 0 aliphatic carbocycles.